The zero-order valence-electron chi connectivity index (χ0n) is 18.2. The van der Waals surface area contributed by atoms with Gasteiger partial charge in [-0.3, -0.25) is 4.79 Å². The van der Waals surface area contributed by atoms with Crippen LogP contribution in [0.1, 0.15) is 89.5 Å². The molecule has 0 aliphatic heterocycles. The molecule has 0 radical (unpaired) electrons. The van der Waals surface area contributed by atoms with Gasteiger partial charge in [0.05, 0.1) is 0 Å². The third-order valence-electron chi connectivity index (χ3n) is 6.40. The van der Waals surface area contributed by atoms with Crippen molar-refractivity contribution in [3.05, 3.63) is 54.1 Å². The first-order valence-corrected chi connectivity index (χ1v) is 11.6. The van der Waals surface area contributed by atoms with Gasteiger partial charge in [0.25, 0.3) is 0 Å². The van der Waals surface area contributed by atoms with Crippen LogP contribution in [-0.2, 0) is 4.79 Å². The molecule has 0 heterocycles. The van der Waals surface area contributed by atoms with Crippen LogP contribution < -0.4 is 4.74 Å². The fraction of sp³-hybridized carbons (Fsp3) is 0.519. The van der Waals surface area contributed by atoms with Crippen molar-refractivity contribution >= 4 is 5.97 Å². The first-order valence-electron chi connectivity index (χ1n) is 11.6. The molecule has 156 valence electrons. The summed E-state index contributed by atoms with van der Waals surface area (Å²) >= 11 is 0. The number of ether oxygens (including phenoxy) is 1. The summed E-state index contributed by atoms with van der Waals surface area (Å²) in [6.45, 7) is 4.09. The van der Waals surface area contributed by atoms with Crippen molar-refractivity contribution in [3.63, 3.8) is 0 Å². The van der Waals surface area contributed by atoms with E-state index in [9.17, 15) is 4.79 Å². The van der Waals surface area contributed by atoms with Crippen LogP contribution in [0.4, 0.5) is 0 Å². The van der Waals surface area contributed by atoms with Crippen molar-refractivity contribution in [2.75, 3.05) is 0 Å². The molecule has 3 rings (SSSR count). The number of carbonyl (C=O) groups excluding carboxylic acids is 1. The largest absolute Gasteiger partial charge is 0.427 e. The molecule has 29 heavy (non-hydrogen) atoms. The Bertz CT molecular complexity index is 737. The van der Waals surface area contributed by atoms with Crippen molar-refractivity contribution in [1.29, 1.82) is 0 Å². The van der Waals surface area contributed by atoms with Crippen LogP contribution in [0.2, 0.25) is 0 Å². The van der Waals surface area contributed by atoms with E-state index >= 15 is 0 Å². The van der Waals surface area contributed by atoms with Gasteiger partial charge in [0.1, 0.15) is 5.75 Å². The van der Waals surface area contributed by atoms with E-state index in [1.54, 1.807) is 6.92 Å². The van der Waals surface area contributed by atoms with Crippen LogP contribution in [0, 0.1) is 5.92 Å². The maximum atomic E-state index is 11.4. The lowest BCUT2D eigenvalue weighted by Gasteiger charge is -2.29. The van der Waals surface area contributed by atoms with Gasteiger partial charge in [0.15, 0.2) is 0 Å². The smallest absolute Gasteiger partial charge is 0.310 e. The molecule has 0 atom stereocenters. The van der Waals surface area contributed by atoms with Gasteiger partial charge in [-0.1, -0.05) is 82.3 Å². The molecular formula is C27H36O2. The van der Waals surface area contributed by atoms with Gasteiger partial charge >= 0.3 is 5.97 Å². The van der Waals surface area contributed by atoms with E-state index in [0.717, 1.165) is 17.4 Å². The Morgan fingerprint density at radius 2 is 1.45 bits per heavy atom. The van der Waals surface area contributed by atoms with Crippen molar-refractivity contribution in [3.8, 4) is 16.9 Å². The highest BCUT2D eigenvalue weighted by Crippen LogP contribution is 2.38. The number of carbonyl (C=O) groups is 1. The predicted molar refractivity (Wildman–Crippen MR) is 121 cm³/mol. The fourth-order valence-electron chi connectivity index (χ4n) is 4.51. The van der Waals surface area contributed by atoms with E-state index < -0.39 is 0 Å². The highest BCUT2D eigenvalue weighted by molar-refractivity contribution is 5.72. The lowest BCUT2D eigenvalue weighted by Crippen LogP contribution is -2.13. The van der Waals surface area contributed by atoms with Crippen LogP contribution in [-0.4, -0.2) is 5.97 Å². The van der Waals surface area contributed by atoms with Gasteiger partial charge in [-0.15, -0.1) is 0 Å². The zero-order chi connectivity index (χ0) is 20.5. The molecule has 2 aromatic carbocycles. The quantitative estimate of drug-likeness (QED) is 0.246. The van der Waals surface area contributed by atoms with E-state index in [0.29, 0.717) is 12.2 Å². The SMILES string of the molecule is CCCCCCC1CCC(c2ccc(-c3ccc(OC(=O)CC)cc3)cc2)CC1. The first kappa shape index (κ1) is 21.6. The molecule has 0 aromatic heterocycles. The molecular weight excluding hydrogens is 356 g/mol. The van der Waals surface area contributed by atoms with Crippen molar-refractivity contribution in [2.24, 2.45) is 5.92 Å². The average molecular weight is 393 g/mol. The van der Waals surface area contributed by atoms with E-state index in [2.05, 4.69) is 31.2 Å². The Balaban J connectivity index is 1.51. The van der Waals surface area contributed by atoms with Gasteiger partial charge < -0.3 is 4.74 Å². The second-order valence-corrected chi connectivity index (χ2v) is 8.54. The summed E-state index contributed by atoms with van der Waals surface area (Å²) in [4.78, 5) is 11.4. The van der Waals surface area contributed by atoms with Crippen LogP contribution >= 0.6 is 0 Å². The maximum absolute atomic E-state index is 11.4. The fourth-order valence-corrected chi connectivity index (χ4v) is 4.51. The zero-order valence-corrected chi connectivity index (χ0v) is 18.2. The van der Waals surface area contributed by atoms with E-state index in [4.69, 9.17) is 4.74 Å². The topological polar surface area (TPSA) is 26.3 Å². The molecule has 0 spiro atoms. The van der Waals surface area contributed by atoms with Crippen molar-refractivity contribution in [1.82, 2.24) is 0 Å². The minimum atomic E-state index is -0.196. The summed E-state index contributed by atoms with van der Waals surface area (Å²) in [7, 11) is 0. The van der Waals surface area contributed by atoms with E-state index in [1.165, 1.54) is 68.9 Å². The molecule has 2 nitrogen and oxygen atoms in total. The molecule has 1 aliphatic carbocycles. The minimum absolute atomic E-state index is 0.196. The second kappa shape index (κ2) is 11.2. The van der Waals surface area contributed by atoms with Crippen LogP contribution in [0.25, 0.3) is 11.1 Å². The lowest BCUT2D eigenvalue weighted by molar-refractivity contribution is -0.134. The number of rotatable bonds is 9. The Hall–Kier alpha value is -2.09. The number of hydrogen-bond acceptors (Lipinski definition) is 2. The number of unbranched alkanes of at least 4 members (excludes halogenated alkanes) is 3. The third kappa shape index (κ3) is 6.45. The first-order chi connectivity index (χ1) is 14.2. The molecule has 0 saturated heterocycles. The van der Waals surface area contributed by atoms with Gasteiger partial charge in [-0.05, 0) is 66.3 Å². The minimum Gasteiger partial charge on any atom is -0.427 e. The summed E-state index contributed by atoms with van der Waals surface area (Å²) in [5, 5.41) is 0. The second-order valence-electron chi connectivity index (χ2n) is 8.54. The normalized spacial score (nSPS) is 19.1. The van der Waals surface area contributed by atoms with Crippen LogP contribution in [0.3, 0.4) is 0 Å². The van der Waals surface area contributed by atoms with Crippen molar-refractivity contribution in [2.45, 2.75) is 84.0 Å². The number of benzene rings is 2. The van der Waals surface area contributed by atoms with Crippen LogP contribution in [0.15, 0.2) is 48.5 Å². The number of esters is 1. The summed E-state index contributed by atoms with van der Waals surface area (Å²) in [5.74, 6) is 2.11. The molecule has 0 amide bonds. The monoisotopic (exact) mass is 392 g/mol. The Labute approximate surface area is 176 Å². The summed E-state index contributed by atoms with van der Waals surface area (Å²) in [5.41, 5.74) is 3.86. The Morgan fingerprint density at radius 3 is 2.03 bits per heavy atom. The Morgan fingerprint density at radius 1 is 0.828 bits per heavy atom. The highest BCUT2D eigenvalue weighted by atomic mass is 16.5. The summed E-state index contributed by atoms with van der Waals surface area (Å²) in [6, 6.07) is 16.9. The van der Waals surface area contributed by atoms with Gasteiger partial charge in [0.2, 0.25) is 0 Å². The van der Waals surface area contributed by atoms with Crippen LogP contribution in [0.5, 0.6) is 5.75 Å². The molecule has 0 unspecified atom stereocenters. The predicted octanol–water partition coefficient (Wildman–Crippen LogP) is 7.91. The molecule has 0 bridgehead atoms. The van der Waals surface area contributed by atoms with Crippen molar-refractivity contribution < 1.29 is 9.53 Å². The molecule has 2 heteroatoms. The van der Waals surface area contributed by atoms with Gasteiger partial charge in [-0.2, -0.15) is 0 Å². The Kier molecular flexibility index (Phi) is 8.34. The third-order valence-corrected chi connectivity index (χ3v) is 6.40. The molecule has 0 N–H and O–H groups in total. The summed E-state index contributed by atoms with van der Waals surface area (Å²) < 4.78 is 5.26. The molecule has 1 saturated carbocycles. The number of hydrogen-bond donors (Lipinski definition) is 0. The highest BCUT2D eigenvalue weighted by Gasteiger charge is 2.22. The van der Waals surface area contributed by atoms with Gasteiger partial charge in [0, 0.05) is 6.42 Å². The molecule has 1 aliphatic rings. The van der Waals surface area contributed by atoms with Gasteiger partial charge in [-0.25, -0.2) is 0 Å². The summed E-state index contributed by atoms with van der Waals surface area (Å²) in [6.07, 6.45) is 12.9. The molecule has 2 aromatic rings. The lowest BCUT2D eigenvalue weighted by atomic mass is 9.77. The average Bonchev–Trinajstić information content (AvgIpc) is 2.78. The standard InChI is InChI=1S/C27H36O2/c1-3-5-6-7-8-21-9-11-22(12-10-21)23-13-15-24(16-14-23)25-17-19-26(20-18-25)29-27(28)4-2/h13-22H,3-12H2,1-2H3. The maximum Gasteiger partial charge on any atom is 0.310 e. The molecule has 1 fully saturated rings. The van der Waals surface area contributed by atoms with E-state index in [1.807, 2.05) is 24.3 Å². The van der Waals surface area contributed by atoms with E-state index in [-0.39, 0.29) is 5.97 Å².